The van der Waals surface area contributed by atoms with E-state index in [2.05, 4.69) is 10.3 Å². The van der Waals surface area contributed by atoms with Gasteiger partial charge in [0.15, 0.2) is 5.43 Å². The number of hydrogen-bond acceptors (Lipinski definition) is 5. The Morgan fingerprint density at radius 2 is 2.12 bits per heavy atom. The second kappa shape index (κ2) is 5.93. The van der Waals surface area contributed by atoms with Crippen molar-refractivity contribution in [2.45, 2.75) is 6.92 Å². The first-order chi connectivity index (χ1) is 11.4. The molecule has 0 bridgehead atoms. The average molecular weight is 346 g/mol. The van der Waals surface area contributed by atoms with Crippen molar-refractivity contribution in [1.82, 2.24) is 10.2 Å². The van der Waals surface area contributed by atoms with Gasteiger partial charge >= 0.3 is 0 Å². The number of hydrogen-bond donors (Lipinski definition) is 1. The molecule has 0 aliphatic carbocycles. The smallest absolute Gasteiger partial charge is 0.296 e. The number of carbonyl (C=O) groups excluding carboxylic acids is 2. The largest absolute Gasteiger partial charge is 0.463 e. The number of halogens is 1. The predicted octanol–water partition coefficient (Wildman–Crippen LogP) is 1.75. The zero-order chi connectivity index (χ0) is 17.4. The second-order valence-corrected chi connectivity index (χ2v) is 5.61. The summed E-state index contributed by atoms with van der Waals surface area (Å²) in [4.78, 5) is 40.8. The Morgan fingerprint density at radius 1 is 1.38 bits per heavy atom. The fourth-order valence-electron chi connectivity index (χ4n) is 2.28. The van der Waals surface area contributed by atoms with Gasteiger partial charge in [0.1, 0.15) is 17.5 Å². The molecular weight excluding hydrogens is 334 g/mol. The number of nitrogens with one attached hydrogen (secondary N) is 1. The standard InChI is InChI=1S/C16H12ClN3O4/c1-8(21)18-16-19-15(23)12(20(16)2)5-9-7-24-13-4-3-10(17)6-11(13)14(9)22/h3-7H,1-2H3,(H,18,19,21,23)/b12-5-. The summed E-state index contributed by atoms with van der Waals surface area (Å²) in [5.74, 6) is -0.812. The summed E-state index contributed by atoms with van der Waals surface area (Å²) < 4.78 is 5.41. The fourth-order valence-corrected chi connectivity index (χ4v) is 2.45. The van der Waals surface area contributed by atoms with Crippen LogP contribution in [-0.2, 0) is 9.59 Å². The molecule has 0 saturated carbocycles. The van der Waals surface area contributed by atoms with Crippen LogP contribution in [0.4, 0.5) is 0 Å². The van der Waals surface area contributed by atoms with Gasteiger partial charge in [0.05, 0.1) is 10.9 Å². The lowest BCUT2D eigenvalue weighted by atomic mass is 10.1. The Balaban J connectivity index is 2.05. The average Bonchev–Trinajstić information content (AvgIpc) is 2.77. The predicted molar refractivity (Wildman–Crippen MR) is 89.5 cm³/mol. The molecule has 24 heavy (non-hydrogen) atoms. The van der Waals surface area contributed by atoms with Gasteiger partial charge in [-0.25, -0.2) is 0 Å². The number of amides is 2. The summed E-state index contributed by atoms with van der Waals surface area (Å²) in [6, 6.07) is 4.72. The monoisotopic (exact) mass is 345 g/mol. The highest BCUT2D eigenvalue weighted by Crippen LogP contribution is 2.20. The summed E-state index contributed by atoms with van der Waals surface area (Å²) in [6.45, 7) is 1.31. The lowest BCUT2D eigenvalue weighted by molar-refractivity contribution is -0.117. The van der Waals surface area contributed by atoms with E-state index in [-0.39, 0.29) is 28.6 Å². The third kappa shape index (κ3) is 2.81. The van der Waals surface area contributed by atoms with Crippen molar-refractivity contribution in [3.8, 4) is 0 Å². The van der Waals surface area contributed by atoms with Crippen LogP contribution in [0.3, 0.4) is 0 Å². The molecule has 1 aliphatic heterocycles. The van der Waals surface area contributed by atoms with Crippen molar-refractivity contribution < 1.29 is 14.0 Å². The summed E-state index contributed by atoms with van der Waals surface area (Å²) in [5, 5.41) is 3.17. The molecule has 1 aromatic heterocycles. The van der Waals surface area contributed by atoms with Crippen LogP contribution < -0.4 is 10.7 Å². The van der Waals surface area contributed by atoms with Crippen molar-refractivity contribution in [3.63, 3.8) is 0 Å². The minimum absolute atomic E-state index is 0.104. The Kier molecular flexibility index (Phi) is 3.94. The number of carbonyl (C=O) groups is 2. The highest BCUT2D eigenvalue weighted by Gasteiger charge is 2.27. The Hall–Kier alpha value is -2.93. The Morgan fingerprint density at radius 3 is 2.83 bits per heavy atom. The summed E-state index contributed by atoms with van der Waals surface area (Å²) in [6.07, 6.45) is 2.63. The van der Waals surface area contributed by atoms with E-state index in [1.807, 2.05) is 0 Å². The normalized spacial score (nSPS) is 16.0. The van der Waals surface area contributed by atoms with E-state index in [1.54, 1.807) is 19.2 Å². The molecule has 8 heteroatoms. The molecule has 1 N–H and O–H groups in total. The SMILES string of the molecule is CC(=O)NC1=NC(=O)/C(=C/c2coc3ccc(Cl)cc3c2=O)N1C. The van der Waals surface area contributed by atoms with Crippen LogP contribution in [0.5, 0.6) is 0 Å². The summed E-state index contributed by atoms with van der Waals surface area (Å²) >= 11 is 5.91. The van der Waals surface area contributed by atoms with Crippen molar-refractivity contribution in [2.75, 3.05) is 7.05 Å². The number of likely N-dealkylation sites (N-methyl/N-ethyl adjacent to an activating group) is 1. The molecule has 0 radical (unpaired) electrons. The summed E-state index contributed by atoms with van der Waals surface area (Å²) in [7, 11) is 1.56. The maximum atomic E-state index is 12.5. The van der Waals surface area contributed by atoms with E-state index < -0.39 is 5.91 Å². The first-order valence-electron chi connectivity index (χ1n) is 6.94. The van der Waals surface area contributed by atoms with Gasteiger partial charge in [-0.15, -0.1) is 0 Å². The molecule has 1 aliphatic rings. The molecule has 2 amide bonds. The van der Waals surface area contributed by atoms with Gasteiger partial charge in [0.25, 0.3) is 5.91 Å². The topological polar surface area (TPSA) is 92.0 Å². The molecule has 2 aromatic rings. The minimum atomic E-state index is -0.563. The molecule has 7 nitrogen and oxygen atoms in total. The lowest BCUT2D eigenvalue weighted by Crippen LogP contribution is -2.37. The van der Waals surface area contributed by atoms with Crippen molar-refractivity contribution in [1.29, 1.82) is 0 Å². The van der Waals surface area contributed by atoms with Gasteiger partial charge in [0.2, 0.25) is 11.9 Å². The number of fused-ring (bicyclic) bond motifs is 1. The fraction of sp³-hybridized carbons (Fsp3) is 0.125. The van der Waals surface area contributed by atoms with Crippen molar-refractivity contribution in [2.24, 2.45) is 4.99 Å². The summed E-state index contributed by atoms with van der Waals surface area (Å²) in [5.41, 5.74) is 0.403. The number of rotatable bonds is 1. The Bertz CT molecular complexity index is 990. The first-order valence-corrected chi connectivity index (χ1v) is 7.31. The molecular formula is C16H12ClN3O4. The highest BCUT2D eigenvalue weighted by molar-refractivity contribution is 6.31. The highest BCUT2D eigenvalue weighted by atomic mass is 35.5. The Labute approximate surface area is 141 Å². The molecule has 0 spiro atoms. The van der Waals surface area contributed by atoms with E-state index in [0.29, 0.717) is 16.0 Å². The molecule has 0 saturated heterocycles. The van der Waals surface area contributed by atoms with Gasteiger partial charge in [-0.1, -0.05) is 11.6 Å². The molecule has 0 fully saturated rings. The zero-order valence-corrected chi connectivity index (χ0v) is 13.5. The molecule has 1 aromatic carbocycles. The van der Waals surface area contributed by atoms with Crippen LogP contribution in [-0.4, -0.2) is 29.7 Å². The molecule has 3 rings (SSSR count). The van der Waals surface area contributed by atoms with Gasteiger partial charge in [0, 0.05) is 19.0 Å². The molecule has 0 atom stereocenters. The van der Waals surface area contributed by atoms with Gasteiger partial charge in [-0.2, -0.15) is 4.99 Å². The van der Waals surface area contributed by atoms with E-state index in [1.165, 1.54) is 30.2 Å². The van der Waals surface area contributed by atoms with E-state index in [9.17, 15) is 14.4 Å². The van der Waals surface area contributed by atoms with Gasteiger partial charge in [-0.3, -0.25) is 19.7 Å². The lowest BCUT2D eigenvalue weighted by Gasteiger charge is -2.14. The minimum Gasteiger partial charge on any atom is -0.463 e. The van der Waals surface area contributed by atoms with Crippen LogP contribution in [0.1, 0.15) is 12.5 Å². The third-order valence-corrected chi connectivity index (χ3v) is 3.68. The van der Waals surface area contributed by atoms with E-state index >= 15 is 0 Å². The van der Waals surface area contributed by atoms with Crippen LogP contribution >= 0.6 is 11.6 Å². The van der Waals surface area contributed by atoms with Gasteiger partial charge < -0.3 is 9.32 Å². The van der Waals surface area contributed by atoms with Crippen LogP contribution in [0, 0.1) is 0 Å². The molecule has 122 valence electrons. The number of nitrogens with zero attached hydrogens (tertiary/aromatic N) is 2. The van der Waals surface area contributed by atoms with Crippen molar-refractivity contribution in [3.05, 3.63) is 51.0 Å². The quantitative estimate of drug-likeness (QED) is 0.795. The van der Waals surface area contributed by atoms with Gasteiger partial charge in [-0.05, 0) is 24.3 Å². The molecule has 0 unspecified atom stereocenters. The number of benzene rings is 1. The number of aliphatic imine (C=N–C) groups is 1. The first kappa shape index (κ1) is 15.9. The second-order valence-electron chi connectivity index (χ2n) is 5.17. The maximum absolute atomic E-state index is 12.5. The van der Waals surface area contributed by atoms with Crippen LogP contribution in [0.15, 0.2) is 44.4 Å². The van der Waals surface area contributed by atoms with Crippen LogP contribution in [0.2, 0.25) is 5.02 Å². The maximum Gasteiger partial charge on any atom is 0.296 e. The number of guanidine groups is 1. The van der Waals surface area contributed by atoms with Crippen LogP contribution in [0.25, 0.3) is 17.0 Å². The molecule has 2 heterocycles. The van der Waals surface area contributed by atoms with Crippen molar-refractivity contribution >= 4 is 46.4 Å². The van der Waals surface area contributed by atoms with E-state index in [0.717, 1.165) is 0 Å². The van der Waals surface area contributed by atoms with E-state index in [4.69, 9.17) is 16.0 Å². The third-order valence-electron chi connectivity index (χ3n) is 3.45. The zero-order valence-electron chi connectivity index (χ0n) is 12.8.